The van der Waals surface area contributed by atoms with Crippen molar-refractivity contribution in [1.82, 2.24) is 0 Å². The molecule has 0 aromatic heterocycles. The van der Waals surface area contributed by atoms with Crippen molar-refractivity contribution in [2.45, 2.75) is 87.9 Å². The molecule has 2 heteroatoms. The van der Waals surface area contributed by atoms with Crippen LogP contribution < -0.4 is 9.80 Å². The molecular weight excluding hydrogens is 821 g/mol. The predicted molar refractivity (Wildman–Crippen MR) is 285 cm³/mol. The zero-order chi connectivity index (χ0) is 44.6. The van der Waals surface area contributed by atoms with E-state index in [0.717, 1.165) is 51.9 Å². The van der Waals surface area contributed by atoms with Crippen molar-refractivity contribution in [2.75, 3.05) is 36.0 Å². The number of fused-ring (bicyclic) bond motifs is 15. The maximum Gasteiger partial charge on any atom is 0.0469 e. The Morgan fingerprint density at radius 1 is 0.382 bits per heavy atom. The number of anilines is 2. The van der Waals surface area contributed by atoms with Gasteiger partial charge in [-0.3, -0.25) is 0 Å². The van der Waals surface area contributed by atoms with Crippen LogP contribution in [-0.4, -0.2) is 26.2 Å². The topological polar surface area (TPSA) is 6.48 Å². The van der Waals surface area contributed by atoms with Gasteiger partial charge in [-0.25, -0.2) is 0 Å². The van der Waals surface area contributed by atoms with Crippen LogP contribution in [0.25, 0.3) is 66.1 Å². The van der Waals surface area contributed by atoms with Gasteiger partial charge in [0.2, 0.25) is 0 Å². The van der Waals surface area contributed by atoms with Gasteiger partial charge in [-0.05, 0) is 218 Å². The number of hydrogen-bond donors (Lipinski definition) is 0. The monoisotopic (exact) mass is 878 g/mol. The Kier molecular flexibility index (Phi) is 8.64. The van der Waals surface area contributed by atoms with Gasteiger partial charge in [0.1, 0.15) is 0 Å². The van der Waals surface area contributed by atoms with Crippen LogP contribution in [0.2, 0.25) is 0 Å². The number of allylic oxidation sites excluding steroid dienone is 4. The second kappa shape index (κ2) is 14.9. The van der Waals surface area contributed by atoms with E-state index in [1.165, 1.54) is 162 Å². The van der Waals surface area contributed by atoms with Crippen molar-refractivity contribution in [3.63, 3.8) is 0 Å². The van der Waals surface area contributed by atoms with Crippen LogP contribution in [0.4, 0.5) is 11.4 Å². The molecular formula is C66H58N2. The molecule has 2 nitrogen and oxygen atoms in total. The maximum atomic E-state index is 2.67. The molecule has 8 aromatic rings. The Morgan fingerprint density at radius 3 is 1.51 bits per heavy atom. The van der Waals surface area contributed by atoms with E-state index in [-0.39, 0.29) is 10.8 Å². The molecule has 0 N–H and O–H groups in total. The summed E-state index contributed by atoms with van der Waals surface area (Å²) in [5.41, 5.74) is 25.8. The first kappa shape index (κ1) is 39.4. The normalized spacial score (nSPS) is 22.0. The van der Waals surface area contributed by atoms with Gasteiger partial charge in [-0.1, -0.05) is 127 Å². The van der Waals surface area contributed by atoms with Gasteiger partial charge in [-0.15, -0.1) is 0 Å². The molecule has 2 fully saturated rings. The first-order chi connectivity index (χ1) is 33.7. The largest absolute Gasteiger partial charge is 0.372 e. The molecule has 2 spiro atoms. The van der Waals surface area contributed by atoms with Crippen molar-refractivity contribution >= 4 is 32.9 Å². The minimum atomic E-state index is -0.147. The minimum Gasteiger partial charge on any atom is -0.372 e. The third kappa shape index (κ3) is 5.41. The standard InChI is InChI=1S/C66H58N2/c1-11-35-67(36-12-1)47-25-29-53-55(41-47)63(45-23-27-51-49-17-5-9-21-59(49)65(61(51)39-45)33-31-43-15-3-7-19-57(43)65)54-30-26-48(68-37-13-2-14-38-68)42-56(54)64(53)46-24-28-52-50-18-6-10-22-60(50)66(62(52)40-46)34-32-44-16-4-8-20-58(44)66/h3,5-10,15,17-30,39-42H,1-2,4,11-14,16,31-38H2. The molecule has 0 amide bonds. The Morgan fingerprint density at radius 2 is 0.897 bits per heavy atom. The van der Waals surface area contributed by atoms with Gasteiger partial charge in [0.05, 0.1) is 0 Å². The van der Waals surface area contributed by atoms with E-state index in [2.05, 4.69) is 168 Å². The van der Waals surface area contributed by atoms with Crippen LogP contribution in [0.1, 0.15) is 104 Å². The van der Waals surface area contributed by atoms with E-state index in [9.17, 15) is 0 Å². The van der Waals surface area contributed by atoms with Crippen LogP contribution in [0.5, 0.6) is 0 Å². The van der Waals surface area contributed by atoms with E-state index in [0.29, 0.717) is 0 Å². The average molecular weight is 879 g/mol. The average Bonchev–Trinajstić information content (AvgIpc) is 4.15. The first-order valence-corrected chi connectivity index (χ1v) is 26.2. The first-order valence-electron chi connectivity index (χ1n) is 26.2. The van der Waals surface area contributed by atoms with Crippen molar-refractivity contribution in [3.05, 3.63) is 202 Å². The van der Waals surface area contributed by atoms with Crippen molar-refractivity contribution in [3.8, 4) is 44.5 Å². The van der Waals surface area contributed by atoms with Gasteiger partial charge in [0.25, 0.3) is 0 Å². The molecule has 0 radical (unpaired) electrons. The lowest BCUT2D eigenvalue weighted by Crippen LogP contribution is -2.29. The number of piperidine rings is 2. The van der Waals surface area contributed by atoms with Gasteiger partial charge in [0, 0.05) is 48.4 Å². The van der Waals surface area contributed by atoms with Crippen molar-refractivity contribution in [1.29, 1.82) is 0 Å². The summed E-state index contributed by atoms with van der Waals surface area (Å²) >= 11 is 0. The third-order valence-electron chi connectivity index (χ3n) is 18.2. The summed E-state index contributed by atoms with van der Waals surface area (Å²) in [6, 6.07) is 58.5. The molecule has 2 aliphatic heterocycles. The Labute approximate surface area is 401 Å². The number of nitrogens with zero attached hydrogens (tertiary/aromatic N) is 2. The molecule has 2 unspecified atom stereocenters. The second-order valence-electron chi connectivity index (χ2n) is 21.3. The predicted octanol–water partition coefficient (Wildman–Crippen LogP) is 16.3. The lowest BCUT2D eigenvalue weighted by atomic mass is 9.71. The molecule has 332 valence electrons. The number of benzene rings is 8. The zero-order valence-electron chi connectivity index (χ0n) is 39.2. The summed E-state index contributed by atoms with van der Waals surface area (Å²) in [6.45, 7) is 4.50. The molecule has 68 heavy (non-hydrogen) atoms. The molecule has 2 atom stereocenters. The second-order valence-corrected chi connectivity index (χ2v) is 21.3. The van der Waals surface area contributed by atoms with Gasteiger partial charge in [0.15, 0.2) is 0 Å². The van der Waals surface area contributed by atoms with E-state index in [1.807, 2.05) is 0 Å². The Balaban J connectivity index is 1.02. The van der Waals surface area contributed by atoms with E-state index >= 15 is 0 Å². The molecule has 8 aromatic carbocycles. The lowest BCUT2D eigenvalue weighted by Gasteiger charge is -2.32. The minimum absolute atomic E-state index is 0.100. The number of aryl methyl sites for hydroxylation is 1. The Bertz CT molecular complexity index is 3500. The molecule has 5 aliphatic carbocycles. The zero-order valence-corrected chi connectivity index (χ0v) is 39.2. The van der Waals surface area contributed by atoms with Crippen molar-refractivity contribution < 1.29 is 0 Å². The summed E-state index contributed by atoms with van der Waals surface area (Å²) in [5, 5.41) is 5.47. The lowest BCUT2D eigenvalue weighted by molar-refractivity contribution is 0.578. The van der Waals surface area contributed by atoms with E-state index in [1.54, 1.807) is 11.1 Å². The maximum absolute atomic E-state index is 2.67. The van der Waals surface area contributed by atoms with Crippen LogP contribution in [0.3, 0.4) is 0 Å². The van der Waals surface area contributed by atoms with E-state index < -0.39 is 0 Å². The fourth-order valence-electron chi connectivity index (χ4n) is 15.2. The summed E-state index contributed by atoms with van der Waals surface area (Å²) < 4.78 is 0. The van der Waals surface area contributed by atoms with Gasteiger partial charge < -0.3 is 9.80 Å². The highest BCUT2D eigenvalue weighted by molar-refractivity contribution is 6.22. The highest BCUT2D eigenvalue weighted by Crippen LogP contribution is 2.62. The smallest absolute Gasteiger partial charge is 0.0469 e. The third-order valence-corrected chi connectivity index (χ3v) is 18.2. The van der Waals surface area contributed by atoms with Gasteiger partial charge in [-0.2, -0.15) is 0 Å². The van der Waals surface area contributed by atoms with Crippen molar-refractivity contribution in [2.24, 2.45) is 0 Å². The molecule has 2 heterocycles. The highest BCUT2D eigenvalue weighted by atomic mass is 15.1. The summed E-state index contributed by atoms with van der Waals surface area (Å²) in [7, 11) is 0. The van der Waals surface area contributed by atoms with Gasteiger partial charge >= 0.3 is 0 Å². The number of rotatable bonds is 4. The quantitative estimate of drug-likeness (QED) is 0.163. The molecule has 7 aliphatic rings. The SMILES string of the molecule is C1=CC2=C(CC1)CCC21c2ccccc2-c2ccc(-c3c4ccc(N5CCCCC5)cc4c(-c4ccc5c(c4)C4(CCc6ccccc64)c4ccccc4-5)c4ccc(N5CCCCC5)cc34)cc21. The fourth-order valence-corrected chi connectivity index (χ4v) is 15.2. The summed E-state index contributed by atoms with van der Waals surface area (Å²) in [5.74, 6) is 0. The summed E-state index contributed by atoms with van der Waals surface area (Å²) in [6.07, 6.45) is 19.6. The molecule has 2 saturated heterocycles. The summed E-state index contributed by atoms with van der Waals surface area (Å²) in [4.78, 5) is 5.33. The van der Waals surface area contributed by atoms with Crippen LogP contribution in [-0.2, 0) is 17.3 Å². The van der Waals surface area contributed by atoms with Crippen LogP contribution in [0.15, 0.2) is 169 Å². The van der Waals surface area contributed by atoms with Crippen LogP contribution >= 0.6 is 0 Å². The highest BCUT2D eigenvalue weighted by Gasteiger charge is 2.50. The molecule has 0 bridgehead atoms. The molecule has 15 rings (SSSR count). The molecule has 0 saturated carbocycles. The van der Waals surface area contributed by atoms with E-state index in [4.69, 9.17) is 0 Å². The number of hydrogen-bond acceptors (Lipinski definition) is 2. The van der Waals surface area contributed by atoms with Crippen LogP contribution in [0, 0.1) is 0 Å². The Hall–Kier alpha value is -6.64. The fraction of sp³-hybridized carbons (Fsp3) is 0.273.